The summed E-state index contributed by atoms with van der Waals surface area (Å²) in [4.78, 5) is 0. The van der Waals surface area contributed by atoms with E-state index in [1.807, 2.05) is 0 Å². The van der Waals surface area contributed by atoms with E-state index in [4.69, 9.17) is 0 Å². The molecule has 0 bridgehead atoms. The van der Waals surface area contributed by atoms with Crippen molar-refractivity contribution in [2.45, 2.75) is 71.3 Å². The maximum Gasteiger partial charge on any atom is 0.0751 e. The first kappa shape index (κ1) is 16.8. The maximum atomic E-state index is 11.5. The third kappa shape index (κ3) is 1.96. The first-order chi connectivity index (χ1) is 11.4. The molecule has 2 heteroatoms. The molecule has 2 N–H and O–H groups in total. The van der Waals surface area contributed by atoms with E-state index in [1.54, 1.807) is 5.57 Å². The van der Waals surface area contributed by atoms with E-state index in [-0.39, 0.29) is 17.4 Å². The molecule has 3 saturated carbocycles. The van der Waals surface area contributed by atoms with E-state index in [1.165, 1.54) is 19.3 Å². The molecule has 0 unspecified atom stereocenters. The van der Waals surface area contributed by atoms with E-state index >= 15 is 0 Å². The highest BCUT2D eigenvalue weighted by Gasteiger charge is 2.65. The molecule has 0 amide bonds. The van der Waals surface area contributed by atoms with Gasteiger partial charge >= 0.3 is 0 Å². The number of allylic oxidation sites excluding steroid dienone is 4. The zero-order valence-corrected chi connectivity index (χ0v) is 15.6. The van der Waals surface area contributed by atoms with Gasteiger partial charge in [-0.3, -0.25) is 0 Å². The number of aliphatic hydroxyl groups is 2. The molecule has 7 atom stereocenters. The summed E-state index contributed by atoms with van der Waals surface area (Å²) in [5.74, 6) is 2.36. The first-order valence-electron chi connectivity index (χ1n) is 10.1. The lowest BCUT2D eigenvalue weighted by Crippen LogP contribution is -2.55. The lowest BCUT2D eigenvalue weighted by molar-refractivity contribution is -0.141. The van der Waals surface area contributed by atoms with Crippen molar-refractivity contribution in [2.75, 3.05) is 6.61 Å². The zero-order valence-electron chi connectivity index (χ0n) is 15.6. The Morgan fingerprint density at radius 1 is 1.21 bits per heavy atom. The van der Waals surface area contributed by atoms with E-state index in [0.717, 1.165) is 31.1 Å². The van der Waals surface area contributed by atoms with Crippen LogP contribution in [0.15, 0.2) is 23.8 Å². The number of hydrogen-bond acceptors (Lipinski definition) is 2. The fourth-order valence-electron chi connectivity index (χ4n) is 7.47. The third-order valence-corrected chi connectivity index (χ3v) is 8.90. The molecule has 0 aromatic carbocycles. The van der Waals surface area contributed by atoms with Gasteiger partial charge in [0, 0.05) is 18.4 Å². The van der Waals surface area contributed by atoms with Crippen LogP contribution in [0.2, 0.25) is 0 Å². The summed E-state index contributed by atoms with van der Waals surface area (Å²) < 4.78 is 0. The van der Waals surface area contributed by atoms with Gasteiger partial charge in [0.25, 0.3) is 0 Å². The molecule has 4 rings (SSSR count). The molecule has 3 fully saturated rings. The second-order valence-corrected chi connectivity index (χ2v) is 9.56. The van der Waals surface area contributed by atoms with Crippen molar-refractivity contribution < 1.29 is 10.2 Å². The Hall–Kier alpha value is -0.600. The van der Waals surface area contributed by atoms with Gasteiger partial charge in [-0.2, -0.15) is 0 Å². The van der Waals surface area contributed by atoms with Crippen molar-refractivity contribution in [3.63, 3.8) is 0 Å². The highest BCUT2D eigenvalue weighted by atomic mass is 16.3. The molecule has 0 aromatic heterocycles. The standard InChI is InChI=1S/C22H34O2/c1-15-14-19-17-8-7-16-6-4-5-10-20(16,2)18(17)9-11-21(19,3)22(15,24)12-13-23/h5-6,10,15,17-19,23-24H,4,7-9,11-14H2,1-3H3/t15-,17-,18+,19+,20+,21+,22-/m1/s1. The SMILES string of the molecule is C[C@@H]1C[C@H]2[C@@H]3CCC4=CCC=C[C@]4(C)[C@H]3CC[C@]2(C)[C@@]1(O)CCO. The predicted octanol–water partition coefficient (Wildman–Crippen LogP) is 4.47. The molecule has 0 aliphatic heterocycles. The molecular weight excluding hydrogens is 296 g/mol. The second-order valence-electron chi connectivity index (χ2n) is 9.56. The molecule has 0 aromatic rings. The Labute approximate surface area is 147 Å². The van der Waals surface area contributed by atoms with Crippen LogP contribution in [0.5, 0.6) is 0 Å². The van der Waals surface area contributed by atoms with Crippen LogP contribution in [0.25, 0.3) is 0 Å². The van der Waals surface area contributed by atoms with Gasteiger partial charge in [0.05, 0.1) is 5.60 Å². The van der Waals surface area contributed by atoms with Crippen molar-refractivity contribution in [1.82, 2.24) is 0 Å². The van der Waals surface area contributed by atoms with E-state index in [2.05, 4.69) is 39.0 Å². The van der Waals surface area contributed by atoms with Crippen molar-refractivity contribution in [3.8, 4) is 0 Å². The average molecular weight is 331 g/mol. The van der Waals surface area contributed by atoms with Gasteiger partial charge in [-0.15, -0.1) is 0 Å². The molecule has 4 aliphatic rings. The fraction of sp³-hybridized carbons (Fsp3) is 0.818. The molecular formula is C22H34O2. The van der Waals surface area contributed by atoms with Crippen molar-refractivity contribution in [3.05, 3.63) is 23.8 Å². The van der Waals surface area contributed by atoms with Crippen LogP contribution in [0.3, 0.4) is 0 Å². The van der Waals surface area contributed by atoms with Crippen molar-refractivity contribution >= 4 is 0 Å². The first-order valence-corrected chi connectivity index (χ1v) is 10.1. The minimum atomic E-state index is -0.684. The highest BCUT2D eigenvalue weighted by Crippen LogP contribution is 2.68. The topological polar surface area (TPSA) is 40.5 Å². The summed E-state index contributed by atoms with van der Waals surface area (Å²) in [7, 11) is 0. The summed E-state index contributed by atoms with van der Waals surface area (Å²) >= 11 is 0. The van der Waals surface area contributed by atoms with Gasteiger partial charge in [0.2, 0.25) is 0 Å². The van der Waals surface area contributed by atoms with Crippen LogP contribution < -0.4 is 0 Å². The van der Waals surface area contributed by atoms with Crippen LogP contribution >= 0.6 is 0 Å². The number of rotatable bonds is 2. The van der Waals surface area contributed by atoms with Crippen molar-refractivity contribution in [1.29, 1.82) is 0 Å². The van der Waals surface area contributed by atoms with Gasteiger partial charge < -0.3 is 10.2 Å². The number of hydrogen-bond donors (Lipinski definition) is 2. The lowest BCUT2D eigenvalue weighted by atomic mass is 9.47. The summed E-state index contributed by atoms with van der Waals surface area (Å²) in [5, 5.41) is 21.1. The maximum absolute atomic E-state index is 11.5. The van der Waals surface area contributed by atoms with Crippen LogP contribution in [-0.2, 0) is 0 Å². The van der Waals surface area contributed by atoms with Gasteiger partial charge in [-0.25, -0.2) is 0 Å². The Morgan fingerprint density at radius 2 is 2.00 bits per heavy atom. The lowest BCUT2D eigenvalue weighted by Gasteiger charge is -2.58. The van der Waals surface area contributed by atoms with E-state index in [0.29, 0.717) is 18.3 Å². The predicted molar refractivity (Wildman–Crippen MR) is 97.4 cm³/mol. The monoisotopic (exact) mass is 330 g/mol. The Balaban J connectivity index is 1.70. The molecule has 134 valence electrons. The second kappa shape index (κ2) is 5.45. The van der Waals surface area contributed by atoms with Gasteiger partial charge in [-0.1, -0.05) is 44.6 Å². The molecule has 0 radical (unpaired) electrons. The van der Waals surface area contributed by atoms with Crippen LogP contribution in [0, 0.1) is 34.5 Å². The normalized spacial score (nSPS) is 53.1. The van der Waals surface area contributed by atoms with Crippen LogP contribution in [0.4, 0.5) is 0 Å². The van der Waals surface area contributed by atoms with Crippen molar-refractivity contribution in [2.24, 2.45) is 34.5 Å². The van der Waals surface area contributed by atoms with E-state index < -0.39 is 5.60 Å². The zero-order chi connectivity index (χ0) is 17.2. The Morgan fingerprint density at radius 3 is 2.75 bits per heavy atom. The minimum Gasteiger partial charge on any atom is -0.396 e. The minimum absolute atomic E-state index is 0.0216. The average Bonchev–Trinajstić information content (AvgIpc) is 2.75. The van der Waals surface area contributed by atoms with Gasteiger partial charge in [-0.05, 0) is 67.6 Å². The molecule has 2 nitrogen and oxygen atoms in total. The Bertz CT molecular complexity index is 579. The van der Waals surface area contributed by atoms with Gasteiger partial charge in [0.15, 0.2) is 0 Å². The van der Waals surface area contributed by atoms with Crippen LogP contribution in [-0.4, -0.2) is 22.4 Å². The van der Waals surface area contributed by atoms with Crippen LogP contribution in [0.1, 0.15) is 65.7 Å². The molecule has 0 saturated heterocycles. The highest BCUT2D eigenvalue weighted by molar-refractivity contribution is 5.32. The summed E-state index contributed by atoms with van der Waals surface area (Å²) in [6, 6.07) is 0. The fourth-order valence-corrected chi connectivity index (χ4v) is 7.47. The number of fused-ring (bicyclic) bond motifs is 5. The van der Waals surface area contributed by atoms with E-state index in [9.17, 15) is 10.2 Å². The molecule has 0 spiro atoms. The molecule has 0 heterocycles. The molecule has 24 heavy (non-hydrogen) atoms. The summed E-state index contributed by atoms with van der Waals surface area (Å²) in [5.41, 5.74) is 1.22. The summed E-state index contributed by atoms with van der Waals surface area (Å²) in [6.45, 7) is 7.11. The number of aliphatic hydroxyl groups excluding tert-OH is 1. The quantitative estimate of drug-likeness (QED) is 0.733. The third-order valence-electron chi connectivity index (χ3n) is 8.90. The Kier molecular flexibility index (Phi) is 3.82. The smallest absolute Gasteiger partial charge is 0.0751 e. The van der Waals surface area contributed by atoms with Gasteiger partial charge in [0.1, 0.15) is 0 Å². The summed E-state index contributed by atoms with van der Waals surface area (Å²) in [6.07, 6.45) is 15.0. The largest absolute Gasteiger partial charge is 0.396 e. The molecule has 4 aliphatic carbocycles.